The summed E-state index contributed by atoms with van der Waals surface area (Å²) in [5.41, 5.74) is -0.923. The number of benzene rings is 1. The van der Waals surface area contributed by atoms with Crippen molar-refractivity contribution in [2.24, 2.45) is 5.41 Å². The van der Waals surface area contributed by atoms with E-state index in [0.29, 0.717) is 23.0 Å². The van der Waals surface area contributed by atoms with Gasteiger partial charge in [0.15, 0.2) is 0 Å². The van der Waals surface area contributed by atoms with Gasteiger partial charge in [0.05, 0.1) is 11.0 Å². The molecule has 108 valence electrons. The minimum absolute atomic E-state index is 0.0303. The number of hydrogen-bond acceptors (Lipinski definition) is 2. The number of nitrogens with zero attached hydrogens (tertiary/aromatic N) is 1. The normalized spacial score (nSPS) is 22.6. The molecule has 2 rings (SSSR count). The van der Waals surface area contributed by atoms with E-state index < -0.39 is 23.1 Å². The summed E-state index contributed by atoms with van der Waals surface area (Å²) in [4.78, 5) is 25.2. The van der Waals surface area contributed by atoms with Crippen LogP contribution in [0, 0.1) is 14.8 Å². The van der Waals surface area contributed by atoms with Gasteiger partial charge in [0.2, 0.25) is 0 Å². The highest BCUT2D eigenvalue weighted by atomic mass is 127. The van der Waals surface area contributed by atoms with Crippen LogP contribution >= 0.6 is 22.6 Å². The molecule has 1 N–H and O–H groups in total. The lowest BCUT2D eigenvalue weighted by molar-refractivity contribution is -0.150. The second-order valence-electron chi connectivity index (χ2n) is 5.29. The molecule has 1 unspecified atom stereocenters. The number of carboxylic acid groups (broad SMARTS) is 1. The van der Waals surface area contributed by atoms with Crippen LogP contribution in [0.25, 0.3) is 0 Å². The minimum atomic E-state index is -0.954. The molecule has 1 aliphatic heterocycles. The predicted molar refractivity (Wildman–Crippen MR) is 80.0 cm³/mol. The van der Waals surface area contributed by atoms with Crippen LogP contribution in [0.4, 0.5) is 4.39 Å². The Bertz CT molecular complexity index is 543. The Morgan fingerprint density at radius 2 is 2.15 bits per heavy atom. The number of rotatable bonds is 2. The molecule has 1 heterocycles. The zero-order valence-corrected chi connectivity index (χ0v) is 13.2. The summed E-state index contributed by atoms with van der Waals surface area (Å²) in [5.74, 6) is -1.91. The maximum absolute atomic E-state index is 13.8. The number of halogens is 2. The van der Waals surface area contributed by atoms with Crippen molar-refractivity contribution >= 4 is 34.5 Å². The third-order valence-electron chi connectivity index (χ3n) is 3.68. The van der Waals surface area contributed by atoms with Crippen LogP contribution in [0.1, 0.15) is 30.1 Å². The maximum atomic E-state index is 13.8. The molecule has 1 aliphatic rings. The van der Waals surface area contributed by atoms with Crippen molar-refractivity contribution in [1.29, 1.82) is 0 Å². The summed E-state index contributed by atoms with van der Waals surface area (Å²) in [7, 11) is 0. The summed E-state index contributed by atoms with van der Waals surface area (Å²) in [5, 5.41) is 9.26. The molecule has 1 saturated heterocycles. The van der Waals surface area contributed by atoms with Gasteiger partial charge >= 0.3 is 5.97 Å². The standard InChI is InChI=1S/C14H15FINO3/c1-14(13(19)20)6-3-7-17(8-14)12(18)11-9(15)4-2-5-10(11)16/h2,4-5H,3,6-8H2,1H3,(H,19,20). The first-order chi connectivity index (χ1) is 9.35. The Labute approximate surface area is 130 Å². The van der Waals surface area contributed by atoms with Crippen LogP contribution in [0.5, 0.6) is 0 Å². The van der Waals surface area contributed by atoms with Gasteiger partial charge in [-0.15, -0.1) is 0 Å². The number of likely N-dealkylation sites (tertiary alicyclic amines) is 1. The van der Waals surface area contributed by atoms with Gasteiger partial charge in [-0.2, -0.15) is 0 Å². The van der Waals surface area contributed by atoms with Crippen molar-refractivity contribution < 1.29 is 19.1 Å². The highest BCUT2D eigenvalue weighted by Crippen LogP contribution is 2.31. The average Bonchev–Trinajstić information content (AvgIpc) is 2.38. The van der Waals surface area contributed by atoms with Crippen LogP contribution in [0.15, 0.2) is 18.2 Å². The molecule has 0 radical (unpaired) electrons. The molecule has 6 heteroatoms. The largest absolute Gasteiger partial charge is 0.481 e. The smallest absolute Gasteiger partial charge is 0.311 e. The molecule has 1 aromatic rings. The van der Waals surface area contributed by atoms with Gasteiger partial charge in [-0.05, 0) is 54.5 Å². The third-order valence-corrected chi connectivity index (χ3v) is 4.58. The lowest BCUT2D eigenvalue weighted by Gasteiger charge is -2.37. The molecule has 0 aliphatic carbocycles. The fraction of sp³-hybridized carbons (Fsp3) is 0.429. The van der Waals surface area contributed by atoms with Gasteiger partial charge in [-0.3, -0.25) is 9.59 Å². The van der Waals surface area contributed by atoms with Gasteiger partial charge < -0.3 is 10.0 Å². The molecule has 0 bridgehead atoms. The molecular formula is C14H15FINO3. The second kappa shape index (κ2) is 5.67. The van der Waals surface area contributed by atoms with E-state index in [1.807, 2.05) is 22.6 Å². The quantitative estimate of drug-likeness (QED) is 0.789. The molecule has 1 fully saturated rings. The topological polar surface area (TPSA) is 57.6 Å². The van der Waals surface area contributed by atoms with E-state index in [9.17, 15) is 19.1 Å². The maximum Gasteiger partial charge on any atom is 0.311 e. The van der Waals surface area contributed by atoms with Crippen LogP contribution in [0.2, 0.25) is 0 Å². The van der Waals surface area contributed by atoms with Gasteiger partial charge in [0.25, 0.3) is 5.91 Å². The van der Waals surface area contributed by atoms with Gasteiger partial charge in [-0.1, -0.05) is 6.07 Å². The highest BCUT2D eigenvalue weighted by Gasteiger charge is 2.40. The van der Waals surface area contributed by atoms with Crippen LogP contribution in [-0.4, -0.2) is 35.0 Å². The highest BCUT2D eigenvalue weighted by molar-refractivity contribution is 14.1. The van der Waals surface area contributed by atoms with Gasteiger partial charge in [0.1, 0.15) is 5.82 Å². The van der Waals surface area contributed by atoms with Gasteiger partial charge in [-0.25, -0.2) is 4.39 Å². The summed E-state index contributed by atoms with van der Waals surface area (Å²) in [6.45, 7) is 2.21. The molecule has 1 aromatic carbocycles. The van der Waals surface area contributed by atoms with E-state index in [0.717, 1.165) is 0 Å². The Kier molecular flexibility index (Phi) is 4.31. The van der Waals surface area contributed by atoms with E-state index in [1.165, 1.54) is 11.0 Å². The predicted octanol–water partition coefficient (Wildman–Crippen LogP) is 2.76. The molecule has 1 atom stereocenters. The SMILES string of the molecule is CC1(C(=O)O)CCCN(C(=O)c2c(F)cccc2I)C1. The zero-order chi connectivity index (χ0) is 14.9. The van der Waals surface area contributed by atoms with Crippen molar-refractivity contribution in [3.05, 3.63) is 33.1 Å². The molecule has 0 aromatic heterocycles. The van der Waals surface area contributed by atoms with Crippen LogP contribution < -0.4 is 0 Å². The Balaban J connectivity index is 2.28. The summed E-state index contributed by atoms with van der Waals surface area (Å²) >= 11 is 1.92. The minimum Gasteiger partial charge on any atom is -0.481 e. The van der Waals surface area contributed by atoms with Crippen molar-refractivity contribution in [2.45, 2.75) is 19.8 Å². The van der Waals surface area contributed by atoms with Crippen LogP contribution in [-0.2, 0) is 4.79 Å². The summed E-state index contributed by atoms with van der Waals surface area (Å²) in [6.07, 6.45) is 1.14. The fourth-order valence-corrected chi connectivity index (χ4v) is 3.14. The number of carbonyl (C=O) groups excluding carboxylic acids is 1. The van der Waals surface area contributed by atoms with E-state index in [4.69, 9.17) is 0 Å². The second-order valence-corrected chi connectivity index (χ2v) is 6.45. The molecule has 0 saturated carbocycles. The molecule has 0 spiro atoms. The first kappa shape index (κ1) is 15.2. The van der Waals surface area contributed by atoms with E-state index in [-0.39, 0.29) is 12.1 Å². The number of amides is 1. The molecule has 1 amide bonds. The van der Waals surface area contributed by atoms with Crippen LogP contribution in [0.3, 0.4) is 0 Å². The van der Waals surface area contributed by atoms with Crippen molar-refractivity contribution in [2.75, 3.05) is 13.1 Å². The molecule has 20 heavy (non-hydrogen) atoms. The van der Waals surface area contributed by atoms with Crippen molar-refractivity contribution in [1.82, 2.24) is 4.90 Å². The Hall–Kier alpha value is -1.18. The molecular weight excluding hydrogens is 376 g/mol. The number of hydrogen-bond donors (Lipinski definition) is 1. The number of carboxylic acids is 1. The lowest BCUT2D eigenvalue weighted by atomic mass is 9.82. The van der Waals surface area contributed by atoms with Crippen molar-refractivity contribution in [3.8, 4) is 0 Å². The van der Waals surface area contributed by atoms with E-state index >= 15 is 0 Å². The number of aliphatic carboxylic acids is 1. The van der Waals surface area contributed by atoms with E-state index in [2.05, 4.69) is 0 Å². The van der Waals surface area contributed by atoms with Crippen molar-refractivity contribution in [3.63, 3.8) is 0 Å². The zero-order valence-electron chi connectivity index (χ0n) is 11.0. The Morgan fingerprint density at radius 3 is 2.75 bits per heavy atom. The summed E-state index contributed by atoms with van der Waals surface area (Å²) < 4.78 is 14.4. The first-order valence-corrected chi connectivity index (χ1v) is 7.40. The number of carbonyl (C=O) groups is 2. The fourth-order valence-electron chi connectivity index (χ4n) is 2.45. The number of piperidine rings is 1. The first-order valence-electron chi connectivity index (χ1n) is 6.32. The lowest BCUT2D eigenvalue weighted by Crippen LogP contribution is -2.48. The molecule has 4 nitrogen and oxygen atoms in total. The van der Waals surface area contributed by atoms with Gasteiger partial charge in [0, 0.05) is 16.7 Å². The third kappa shape index (κ3) is 2.79. The monoisotopic (exact) mass is 391 g/mol. The van der Waals surface area contributed by atoms with E-state index in [1.54, 1.807) is 19.1 Å². The average molecular weight is 391 g/mol. The Morgan fingerprint density at radius 1 is 1.45 bits per heavy atom. The summed E-state index contributed by atoms with van der Waals surface area (Å²) in [6, 6.07) is 4.46.